The molecule has 0 spiro atoms. The lowest BCUT2D eigenvalue weighted by Gasteiger charge is -2.14. The summed E-state index contributed by atoms with van der Waals surface area (Å²) in [6.45, 7) is 2.59. The zero-order valence-corrected chi connectivity index (χ0v) is 11.0. The highest BCUT2D eigenvalue weighted by Crippen LogP contribution is 2.21. The van der Waals surface area contributed by atoms with Crippen LogP contribution in [0.5, 0.6) is 0 Å². The number of hydrogen-bond acceptors (Lipinski definition) is 2. The van der Waals surface area contributed by atoms with Crippen LogP contribution in [0.2, 0.25) is 0 Å². The van der Waals surface area contributed by atoms with Crippen molar-refractivity contribution in [2.75, 3.05) is 0 Å². The van der Waals surface area contributed by atoms with Crippen LogP contribution in [-0.2, 0) is 6.54 Å². The van der Waals surface area contributed by atoms with Crippen molar-refractivity contribution >= 4 is 15.9 Å². The molecule has 0 amide bonds. The number of halogens is 2. The Morgan fingerprint density at radius 3 is 2.94 bits per heavy atom. The van der Waals surface area contributed by atoms with Gasteiger partial charge in [0.05, 0.1) is 12.5 Å². The molecule has 4 heteroatoms. The Labute approximate surface area is 108 Å². The molecule has 0 saturated carbocycles. The van der Waals surface area contributed by atoms with Gasteiger partial charge in [-0.15, -0.1) is 0 Å². The highest BCUT2D eigenvalue weighted by molar-refractivity contribution is 9.10. The number of rotatable bonds is 4. The van der Waals surface area contributed by atoms with E-state index < -0.39 is 0 Å². The first-order chi connectivity index (χ1) is 8.16. The minimum Gasteiger partial charge on any atom is -0.472 e. The molecule has 2 rings (SSSR count). The molecule has 0 fully saturated rings. The van der Waals surface area contributed by atoms with Crippen LogP contribution in [0.3, 0.4) is 0 Å². The van der Waals surface area contributed by atoms with Gasteiger partial charge in [0.25, 0.3) is 0 Å². The maximum absolute atomic E-state index is 13.6. The lowest BCUT2D eigenvalue weighted by molar-refractivity contribution is 0.521. The Hall–Kier alpha value is -1.13. The van der Waals surface area contributed by atoms with Crippen LogP contribution in [0, 0.1) is 5.82 Å². The molecule has 2 nitrogen and oxygen atoms in total. The predicted octanol–water partition coefficient (Wildman–Crippen LogP) is 4.03. The van der Waals surface area contributed by atoms with E-state index in [-0.39, 0.29) is 11.9 Å². The molecule has 0 aliphatic heterocycles. The zero-order chi connectivity index (χ0) is 12.3. The third kappa shape index (κ3) is 3.17. The van der Waals surface area contributed by atoms with Gasteiger partial charge >= 0.3 is 0 Å². The largest absolute Gasteiger partial charge is 0.472 e. The quantitative estimate of drug-likeness (QED) is 0.922. The Morgan fingerprint density at radius 2 is 2.24 bits per heavy atom. The minimum absolute atomic E-state index is 0.0533. The van der Waals surface area contributed by atoms with Gasteiger partial charge in [0.1, 0.15) is 5.82 Å². The van der Waals surface area contributed by atoms with Crippen LogP contribution in [0.15, 0.2) is 45.7 Å². The fourth-order valence-electron chi connectivity index (χ4n) is 1.62. The van der Waals surface area contributed by atoms with Crippen molar-refractivity contribution in [3.63, 3.8) is 0 Å². The Balaban J connectivity index is 2.04. The summed E-state index contributed by atoms with van der Waals surface area (Å²) >= 11 is 3.34. The Kier molecular flexibility index (Phi) is 3.97. The molecule has 1 aromatic heterocycles. The second-order valence-corrected chi connectivity index (χ2v) is 4.82. The molecule has 0 radical (unpaired) electrons. The van der Waals surface area contributed by atoms with E-state index >= 15 is 0 Å². The summed E-state index contributed by atoms with van der Waals surface area (Å²) < 4.78 is 19.5. The van der Waals surface area contributed by atoms with Gasteiger partial charge in [-0.3, -0.25) is 0 Å². The molecule has 90 valence electrons. The molecule has 1 heterocycles. The van der Waals surface area contributed by atoms with Crippen molar-refractivity contribution in [2.45, 2.75) is 19.5 Å². The summed E-state index contributed by atoms with van der Waals surface area (Å²) in [5.41, 5.74) is 1.70. The van der Waals surface area contributed by atoms with Gasteiger partial charge in [0.15, 0.2) is 0 Å². The van der Waals surface area contributed by atoms with Crippen molar-refractivity contribution in [2.24, 2.45) is 0 Å². The number of furan rings is 1. The van der Waals surface area contributed by atoms with E-state index in [9.17, 15) is 4.39 Å². The molecule has 2 aromatic rings. The third-order valence-corrected chi connectivity index (χ3v) is 3.11. The SMILES string of the molecule is CC(NCc1ccoc1)c1cc(Br)ccc1F. The fraction of sp³-hybridized carbons (Fsp3) is 0.231. The Morgan fingerprint density at radius 1 is 1.41 bits per heavy atom. The number of hydrogen-bond donors (Lipinski definition) is 1. The summed E-state index contributed by atoms with van der Waals surface area (Å²) in [4.78, 5) is 0. The smallest absolute Gasteiger partial charge is 0.128 e. The maximum Gasteiger partial charge on any atom is 0.128 e. The van der Waals surface area contributed by atoms with E-state index in [2.05, 4.69) is 21.2 Å². The van der Waals surface area contributed by atoms with E-state index in [1.165, 1.54) is 6.07 Å². The summed E-state index contributed by atoms with van der Waals surface area (Å²) in [5, 5.41) is 3.25. The van der Waals surface area contributed by atoms with Crippen LogP contribution in [0.1, 0.15) is 24.1 Å². The van der Waals surface area contributed by atoms with Gasteiger partial charge in [-0.05, 0) is 31.2 Å². The van der Waals surface area contributed by atoms with E-state index in [1.807, 2.05) is 13.0 Å². The summed E-state index contributed by atoms with van der Waals surface area (Å²) in [6.07, 6.45) is 3.30. The standard InChI is InChI=1S/C13H13BrFNO/c1-9(16-7-10-4-5-17-8-10)12-6-11(14)2-3-13(12)15/h2-6,8-9,16H,7H2,1H3. The van der Waals surface area contributed by atoms with Gasteiger partial charge in [-0.25, -0.2) is 4.39 Å². The van der Waals surface area contributed by atoms with Crippen LogP contribution in [-0.4, -0.2) is 0 Å². The van der Waals surface area contributed by atoms with Crippen LogP contribution < -0.4 is 5.32 Å². The predicted molar refractivity (Wildman–Crippen MR) is 68.1 cm³/mol. The first kappa shape index (κ1) is 12.3. The monoisotopic (exact) mass is 297 g/mol. The summed E-state index contributed by atoms with van der Waals surface area (Å²) in [6, 6.07) is 6.79. The first-order valence-electron chi connectivity index (χ1n) is 5.36. The van der Waals surface area contributed by atoms with Crippen LogP contribution >= 0.6 is 15.9 Å². The normalized spacial score (nSPS) is 12.6. The highest BCUT2D eigenvalue weighted by atomic mass is 79.9. The van der Waals surface area contributed by atoms with Gasteiger partial charge in [-0.2, -0.15) is 0 Å². The molecule has 0 bridgehead atoms. The molecular formula is C13H13BrFNO. The highest BCUT2D eigenvalue weighted by Gasteiger charge is 2.11. The van der Waals surface area contributed by atoms with E-state index in [4.69, 9.17) is 4.42 Å². The molecule has 0 saturated heterocycles. The van der Waals surface area contributed by atoms with Crippen LogP contribution in [0.4, 0.5) is 4.39 Å². The molecule has 0 aliphatic rings. The maximum atomic E-state index is 13.6. The van der Waals surface area contributed by atoms with Crippen molar-refractivity contribution in [3.05, 3.63) is 58.2 Å². The van der Waals surface area contributed by atoms with Crippen molar-refractivity contribution in [1.29, 1.82) is 0 Å². The second-order valence-electron chi connectivity index (χ2n) is 3.90. The molecule has 1 aromatic carbocycles. The third-order valence-electron chi connectivity index (χ3n) is 2.62. The molecular weight excluding hydrogens is 285 g/mol. The molecule has 1 unspecified atom stereocenters. The second kappa shape index (κ2) is 5.47. The van der Waals surface area contributed by atoms with E-state index in [0.717, 1.165) is 10.0 Å². The topological polar surface area (TPSA) is 25.2 Å². The van der Waals surface area contributed by atoms with Gasteiger partial charge < -0.3 is 9.73 Å². The average Bonchev–Trinajstić information content (AvgIpc) is 2.82. The lowest BCUT2D eigenvalue weighted by atomic mass is 10.1. The Bertz CT molecular complexity index is 484. The fourth-order valence-corrected chi connectivity index (χ4v) is 2.00. The first-order valence-corrected chi connectivity index (χ1v) is 6.15. The molecule has 17 heavy (non-hydrogen) atoms. The van der Waals surface area contributed by atoms with Gasteiger partial charge in [0.2, 0.25) is 0 Å². The van der Waals surface area contributed by atoms with Crippen molar-refractivity contribution in [3.8, 4) is 0 Å². The van der Waals surface area contributed by atoms with Crippen molar-refractivity contribution in [1.82, 2.24) is 5.32 Å². The van der Waals surface area contributed by atoms with E-state index in [1.54, 1.807) is 24.7 Å². The summed E-state index contributed by atoms with van der Waals surface area (Å²) in [7, 11) is 0. The molecule has 0 aliphatic carbocycles. The zero-order valence-electron chi connectivity index (χ0n) is 9.41. The van der Waals surface area contributed by atoms with E-state index in [0.29, 0.717) is 12.1 Å². The van der Waals surface area contributed by atoms with Crippen LogP contribution in [0.25, 0.3) is 0 Å². The molecule has 1 N–H and O–H groups in total. The minimum atomic E-state index is -0.194. The number of benzene rings is 1. The lowest BCUT2D eigenvalue weighted by Crippen LogP contribution is -2.18. The number of nitrogens with one attached hydrogen (secondary N) is 1. The summed E-state index contributed by atoms with van der Waals surface area (Å²) in [5.74, 6) is -0.194. The van der Waals surface area contributed by atoms with Gasteiger partial charge in [-0.1, -0.05) is 15.9 Å². The molecule has 1 atom stereocenters. The van der Waals surface area contributed by atoms with Crippen molar-refractivity contribution < 1.29 is 8.81 Å². The average molecular weight is 298 g/mol. The van der Waals surface area contributed by atoms with Gasteiger partial charge in [0, 0.05) is 28.2 Å².